The summed E-state index contributed by atoms with van der Waals surface area (Å²) in [5.41, 5.74) is -0.736. The number of nitrogens with zero attached hydrogens (tertiary/aromatic N) is 1. The Morgan fingerprint density at radius 2 is 1.90 bits per heavy atom. The van der Waals surface area contributed by atoms with Gasteiger partial charge in [-0.15, -0.1) is 0 Å². The van der Waals surface area contributed by atoms with Crippen LogP contribution in [-0.2, 0) is 0 Å². The van der Waals surface area contributed by atoms with E-state index in [2.05, 4.69) is 5.32 Å². The third-order valence-electron chi connectivity index (χ3n) is 3.58. The molecule has 1 fully saturated rings. The maximum Gasteiger partial charge on any atom is 0.337 e. The van der Waals surface area contributed by atoms with Crippen molar-refractivity contribution in [3.8, 4) is 0 Å². The largest absolute Gasteiger partial charge is 0.478 e. The maximum absolute atomic E-state index is 13.3. The van der Waals surface area contributed by atoms with Gasteiger partial charge in [-0.05, 0) is 25.3 Å². The van der Waals surface area contributed by atoms with Gasteiger partial charge < -0.3 is 15.3 Å². The number of anilines is 1. The van der Waals surface area contributed by atoms with Gasteiger partial charge in [-0.2, -0.15) is 0 Å². The second-order valence-corrected chi connectivity index (χ2v) is 5.39. The zero-order valence-electron chi connectivity index (χ0n) is 11.7. The fourth-order valence-corrected chi connectivity index (χ4v) is 2.60. The number of hydrogen-bond donors (Lipinski definition) is 2. The second kappa shape index (κ2) is 5.67. The SMILES string of the molecule is CC1CC(C)N(C(=O)Nc2cc(F)c(F)cc2C(=O)O)C1. The van der Waals surface area contributed by atoms with E-state index in [4.69, 9.17) is 5.11 Å². The standard InChI is InChI=1S/C14H16F2N2O3/c1-7-3-8(2)18(6-7)14(21)17-12-5-11(16)10(15)4-9(12)13(19)20/h4-5,7-8H,3,6H2,1-2H3,(H,17,21)(H,19,20). The maximum atomic E-state index is 13.3. The zero-order chi connectivity index (χ0) is 15.7. The van der Waals surface area contributed by atoms with E-state index in [-0.39, 0.29) is 11.7 Å². The molecule has 1 aromatic rings. The van der Waals surface area contributed by atoms with E-state index in [0.717, 1.165) is 6.42 Å². The molecule has 2 N–H and O–H groups in total. The van der Waals surface area contributed by atoms with Crippen LogP contribution < -0.4 is 5.32 Å². The molecule has 5 nitrogen and oxygen atoms in total. The summed E-state index contributed by atoms with van der Waals surface area (Å²) in [6.45, 7) is 4.43. The lowest BCUT2D eigenvalue weighted by Gasteiger charge is -2.22. The Hall–Kier alpha value is -2.18. The van der Waals surface area contributed by atoms with E-state index in [1.807, 2.05) is 13.8 Å². The van der Waals surface area contributed by atoms with Crippen molar-refractivity contribution in [1.29, 1.82) is 0 Å². The molecule has 2 rings (SSSR count). The van der Waals surface area contributed by atoms with Crippen molar-refractivity contribution in [3.63, 3.8) is 0 Å². The molecule has 0 aliphatic carbocycles. The summed E-state index contributed by atoms with van der Waals surface area (Å²) in [4.78, 5) is 24.8. The van der Waals surface area contributed by atoms with Crippen LogP contribution in [0.5, 0.6) is 0 Å². The Kier molecular flexibility index (Phi) is 4.11. The Morgan fingerprint density at radius 3 is 2.43 bits per heavy atom. The van der Waals surface area contributed by atoms with Crippen LogP contribution >= 0.6 is 0 Å². The number of carboxylic acid groups (broad SMARTS) is 1. The van der Waals surface area contributed by atoms with Gasteiger partial charge in [-0.25, -0.2) is 18.4 Å². The van der Waals surface area contributed by atoms with Crippen LogP contribution in [0, 0.1) is 17.6 Å². The molecule has 2 unspecified atom stereocenters. The molecular formula is C14H16F2N2O3. The lowest BCUT2D eigenvalue weighted by molar-refractivity contribution is 0.0697. The topological polar surface area (TPSA) is 69.6 Å². The Bertz CT molecular complexity index is 592. The van der Waals surface area contributed by atoms with Gasteiger partial charge in [0.1, 0.15) is 0 Å². The van der Waals surface area contributed by atoms with Gasteiger partial charge in [0, 0.05) is 18.7 Å². The van der Waals surface area contributed by atoms with Crippen LogP contribution in [0.1, 0.15) is 30.6 Å². The Morgan fingerprint density at radius 1 is 1.29 bits per heavy atom. The first-order valence-electron chi connectivity index (χ1n) is 6.59. The molecular weight excluding hydrogens is 282 g/mol. The number of urea groups is 1. The predicted octanol–water partition coefficient (Wildman–Crippen LogP) is 2.93. The van der Waals surface area contributed by atoms with Gasteiger partial charge >= 0.3 is 12.0 Å². The summed E-state index contributed by atoms with van der Waals surface area (Å²) < 4.78 is 26.4. The summed E-state index contributed by atoms with van der Waals surface area (Å²) >= 11 is 0. The van der Waals surface area contributed by atoms with Crippen molar-refractivity contribution < 1.29 is 23.5 Å². The molecule has 0 saturated carbocycles. The van der Waals surface area contributed by atoms with E-state index < -0.39 is 29.2 Å². The minimum absolute atomic E-state index is 0.0126. The number of likely N-dealkylation sites (tertiary alicyclic amines) is 1. The van der Waals surface area contributed by atoms with Crippen molar-refractivity contribution in [2.75, 3.05) is 11.9 Å². The highest BCUT2D eigenvalue weighted by Crippen LogP contribution is 2.25. The molecule has 0 aromatic heterocycles. The smallest absolute Gasteiger partial charge is 0.337 e. The lowest BCUT2D eigenvalue weighted by Crippen LogP contribution is -2.37. The molecule has 114 valence electrons. The molecule has 1 heterocycles. The molecule has 7 heteroatoms. The van der Waals surface area contributed by atoms with Gasteiger partial charge in [0.25, 0.3) is 0 Å². The van der Waals surface area contributed by atoms with Crippen molar-refractivity contribution in [3.05, 3.63) is 29.3 Å². The average molecular weight is 298 g/mol. The monoisotopic (exact) mass is 298 g/mol. The molecule has 1 saturated heterocycles. The molecule has 1 aromatic carbocycles. The molecule has 0 bridgehead atoms. The van der Waals surface area contributed by atoms with Gasteiger partial charge in [-0.3, -0.25) is 0 Å². The molecule has 0 radical (unpaired) electrons. The Labute approximate surface area is 120 Å². The Balaban J connectivity index is 2.25. The quantitative estimate of drug-likeness (QED) is 0.882. The van der Waals surface area contributed by atoms with E-state index in [9.17, 15) is 18.4 Å². The highest BCUT2D eigenvalue weighted by Gasteiger charge is 2.30. The molecule has 1 aliphatic heterocycles. The van der Waals surface area contributed by atoms with E-state index in [0.29, 0.717) is 24.6 Å². The number of carbonyl (C=O) groups is 2. The van der Waals surface area contributed by atoms with E-state index in [1.54, 1.807) is 4.90 Å². The van der Waals surface area contributed by atoms with Crippen molar-refractivity contribution in [1.82, 2.24) is 4.90 Å². The highest BCUT2D eigenvalue weighted by atomic mass is 19.2. The molecule has 1 aliphatic rings. The van der Waals surface area contributed by atoms with Gasteiger partial charge in [-0.1, -0.05) is 6.92 Å². The minimum atomic E-state index is -1.44. The van der Waals surface area contributed by atoms with Gasteiger partial charge in [0.2, 0.25) is 0 Å². The third-order valence-corrected chi connectivity index (χ3v) is 3.58. The van der Waals surface area contributed by atoms with Gasteiger partial charge in [0.15, 0.2) is 11.6 Å². The fraction of sp³-hybridized carbons (Fsp3) is 0.429. The number of halogens is 2. The summed E-state index contributed by atoms with van der Waals surface area (Å²) in [6, 6.07) is 0.739. The third kappa shape index (κ3) is 3.12. The van der Waals surface area contributed by atoms with Crippen LogP contribution in [0.4, 0.5) is 19.3 Å². The molecule has 21 heavy (non-hydrogen) atoms. The number of amides is 2. The van der Waals surface area contributed by atoms with Crippen LogP contribution in [0.2, 0.25) is 0 Å². The number of benzene rings is 1. The molecule has 0 spiro atoms. The number of rotatable bonds is 2. The van der Waals surface area contributed by atoms with Gasteiger partial charge in [0.05, 0.1) is 11.3 Å². The first-order chi connectivity index (χ1) is 9.79. The van der Waals surface area contributed by atoms with Crippen LogP contribution in [0.15, 0.2) is 12.1 Å². The number of nitrogens with one attached hydrogen (secondary N) is 1. The van der Waals surface area contributed by atoms with E-state index >= 15 is 0 Å². The minimum Gasteiger partial charge on any atom is -0.478 e. The second-order valence-electron chi connectivity index (χ2n) is 5.39. The highest BCUT2D eigenvalue weighted by molar-refractivity contribution is 6.00. The van der Waals surface area contributed by atoms with E-state index in [1.165, 1.54) is 0 Å². The summed E-state index contributed by atoms with van der Waals surface area (Å²) in [6.07, 6.45) is 0.844. The molecule has 2 amide bonds. The predicted molar refractivity (Wildman–Crippen MR) is 72.3 cm³/mol. The zero-order valence-corrected chi connectivity index (χ0v) is 11.7. The van der Waals surface area contributed by atoms with Crippen molar-refractivity contribution in [2.24, 2.45) is 5.92 Å². The van der Waals surface area contributed by atoms with Crippen molar-refractivity contribution >= 4 is 17.7 Å². The normalized spacial score (nSPS) is 21.4. The summed E-state index contributed by atoms with van der Waals surface area (Å²) in [5.74, 6) is -3.58. The number of carbonyl (C=O) groups excluding carboxylic acids is 1. The summed E-state index contributed by atoms with van der Waals surface area (Å²) in [5, 5.41) is 11.4. The van der Waals surface area contributed by atoms with Crippen LogP contribution in [0.3, 0.4) is 0 Å². The number of hydrogen-bond acceptors (Lipinski definition) is 2. The fourth-order valence-electron chi connectivity index (χ4n) is 2.60. The molecule has 2 atom stereocenters. The van der Waals surface area contributed by atoms with Crippen molar-refractivity contribution in [2.45, 2.75) is 26.3 Å². The lowest BCUT2D eigenvalue weighted by atomic mass is 10.1. The number of carboxylic acids is 1. The van der Waals surface area contributed by atoms with Crippen LogP contribution in [0.25, 0.3) is 0 Å². The first kappa shape index (κ1) is 15.2. The number of aromatic carboxylic acids is 1. The van der Waals surface area contributed by atoms with Crippen LogP contribution in [-0.4, -0.2) is 34.6 Å². The summed E-state index contributed by atoms with van der Waals surface area (Å²) in [7, 11) is 0. The average Bonchev–Trinajstić information content (AvgIpc) is 2.72. The first-order valence-corrected chi connectivity index (χ1v) is 6.59.